The Bertz CT molecular complexity index is 413. The monoisotopic (exact) mass is 303 g/mol. The lowest BCUT2D eigenvalue weighted by molar-refractivity contribution is 0.638. The molecule has 0 aliphatic carbocycles. The molecular weight excluding hydrogens is 294 g/mol. The van der Waals surface area contributed by atoms with Crippen molar-refractivity contribution in [2.45, 2.75) is 13.0 Å². The molecule has 2 aromatic rings. The van der Waals surface area contributed by atoms with Crippen LogP contribution in [0.5, 0.6) is 0 Å². The van der Waals surface area contributed by atoms with Crippen LogP contribution in [0.2, 0.25) is 0 Å². The van der Waals surface area contributed by atoms with E-state index in [-0.39, 0.29) is 6.04 Å². The Kier molecular flexibility index (Phi) is 3.85. The molecule has 0 aliphatic heterocycles. The number of hydrogen-bond donors (Lipinski definition) is 1. The second kappa shape index (κ2) is 5.16. The minimum Gasteiger partial charge on any atom is -0.306 e. The number of rotatable bonds is 4. The fourth-order valence-corrected chi connectivity index (χ4v) is 3.52. The van der Waals surface area contributed by atoms with Gasteiger partial charge in [0.2, 0.25) is 0 Å². The molecule has 1 unspecified atom stereocenters. The molecule has 0 saturated carbocycles. The van der Waals surface area contributed by atoms with Crippen molar-refractivity contribution in [1.82, 2.24) is 14.9 Å². The van der Waals surface area contributed by atoms with Gasteiger partial charge in [-0.2, -0.15) is 11.3 Å². The number of halogens is 1. The van der Waals surface area contributed by atoms with Gasteiger partial charge in [0.25, 0.3) is 0 Å². The number of hydrogen-bond acceptors (Lipinski definition) is 5. The summed E-state index contributed by atoms with van der Waals surface area (Å²) in [5, 5.41) is 11.6. The molecular formula is C9H10BrN3S2. The van der Waals surface area contributed by atoms with E-state index in [1.54, 1.807) is 11.3 Å². The fourth-order valence-electron chi connectivity index (χ4n) is 1.37. The molecule has 3 nitrogen and oxygen atoms in total. The molecule has 2 rings (SSSR count). The Hall–Kier alpha value is -0.300. The smallest absolute Gasteiger partial charge is 0.0722 e. The zero-order chi connectivity index (χ0) is 10.7. The van der Waals surface area contributed by atoms with E-state index in [0.717, 1.165) is 15.9 Å². The molecule has 0 amide bonds. The average Bonchev–Trinajstić information content (AvgIpc) is 2.85. The summed E-state index contributed by atoms with van der Waals surface area (Å²) >= 11 is 6.69. The van der Waals surface area contributed by atoms with Gasteiger partial charge in [0.05, 0.1) is 17.1 Å². The Labute approximate surface area is 105 Å². The molecule has 2 aromatic heterocycles. The predicted octanol–water partition coefficient (Wildman–Crippen LogP) is 3.06. The Morgan fingerprint density at radius 3 is 2.93 bits per heavy atom. The standard InChI is InChI=1S/C9H10BrN3S2/c1-2-11-9(8-3-12-13-15-8)6-4-14-5-7(6)10/h3-5,9,11H,2H2,1H3. The lowest BCUT2D eigenvalue weighted by Crippen LogP contribution is -2.20. The van der Waals surface area contributed by atoms with Gasteiger partial charge in [-0.25, -0.2) is 0 Å². The van der Waals surface area contributed by atoms with Crippen LogP contribution in [-0.2, 0) is 0 Å². The van der Waals surface area contributed by atoms with Crippen molar-refractivity contribution in [3.05, 3.63) is 31.9 Å². The van der Waals surface area contributed by atoms with Gasteiger partial charge in [0.15, 0.2) is 0 Å². The molecule has 6 heteroatoms. The highest BCUT2D eigenvalue weighted by molar-refractivity contribution is 9.10. The molecule has 0 radical (unpaired) electrons. The van der Waals surface area contributed by atoms with E-state index in [1.807, 2.05) is 6.20 Å². The largest absolute Gasteiger partial charge is 0.306 e. The maximum Gasteiger partial charge on any atom is 0.0722 e. The number of thiophene rings is 1. The highest BCUT2D eigenvalue weighted by atomic mass is 79.9. The zero-order valence-corrected chi connectivity index (χ0v) is 11.3. The Balaban J connectivity index is 2.32. The molecule has 1 atom stereocenters. The first-order chi connectivity index (χ1) is 7.33. The van der Waals surface area contributed by atoms with Gasteiger partial charge in [-0.3, -0.25) is 0 Å². The summed E-state index contributed by atoms with van der Waals surface area (Å²) in [6, 6.07) is 0.204. The van der Waals surface area contributed by atoms with Gasteiger partial charge in [0.1, 0.15) is 0 Å². The third kappa shape index (κ3) is 2.44. The molecule has 0 aliphatic rings. The van der Waals surface area contributed by atoms with Gasteiger partial charge in [-0.15, -0.1) is 5.10 Å². The molecule has 1 N–H and O–H groups in total. The SMILES string of the molecule is CCNC(c1cnns1)c1cscc1Br. The molecule has 0 bridgehead atoms. The molecule has 0 spiro atoms. The molecule has 80 valence electrons. The number of nitrogens with one attached hydrogen (secondary N) is 1. The highest BCUT2D eigenvalue weighted by Gasteiger charge is 2.18. The lowest BCUT2D eigenvalue weighted by atomic mass is 10.1. The quantitative estimate of drug-likeness (QED) is 0.943. The maximum absolute atomic E-state index is 3.90. The van der Waals surface area contributed by atoms with Crippen LogP contribution in [0, 0.1) is 0 Å². The van der Waals surface area contributed by atoms with Gasteiger partial charge in [-0.1, -0.05) is 11.4 Å². The summed E-state index contributed by atoms with van der Waals surface area (Å²) in [6.07, 6.45) is 1.82. The van der Waals surface area contributed by atoms with E-state index in [9.17, 15) is 0 Å². The average molecular weight is 304 g/mol. The lowest BCUT2D eigenvalue weighted by Gasteiger charge is -2.14. The van der Waals surface area contributed by atoms with Crippen molar-refractivity contribution < 1.29 is 0 Å². The minimum atomic E-state index is 0.204. The first-order valence-corrected chi connectivity index (χ1v) is 7.06. The van der Waals surface area contributed by atoms with Gasteiger partial charge < -0.3 is 5.32 Å². The first kappa shape index (κ1) is 11.2. The van der Waals surface area contributed by atoms with Crippen LogP contribution in [0.4, 0.5) is 0 Å². The van der Waals surface area contributed by atoms with E-state index >= 15 is 0 Å². The van der Waals surface area contributed by atoms with Crippen molar-refractivity contribution in [2.75, 3.05) is 6.54 Å². The molecule has 15 heavy (non-hydrogen) atoms. The summed E-state index contributed by atoms with van der Waals surface area (Å²) in [6.45, 7) is 3.02. The van der Waals surface area contributed by atoms with Crippen LogP contribution in [0.25, 0.3) is 0 Å². The number of nitrogens with zero attached hydrogens (tertiary/aromatic N) is 2. The van der Waals surface area contributed by atoms with Crippen molar-refractivity contribution >= 4 is 38.8 Å². The molecule has 2 heterocycles. The summed E-state index contributed by atoms with van der Waals surface area (Å²) in [5.41, 5.74) is 1.26. The Morgan fingerprint density at radius 2 is 2.40 bits per heavy atom. The van der Waals surface area contributed by atoms with Crippen molar-refractivity contribution in [1.29, 1.82) is 0 Å². The fraction of sp³-hybridized carbons (Fsp3) is 0.333. The van der Waals surface area contributed by atoms with Crippen LogP contribution in [0.1, 0.15) is 23.4 Å². The summed E-state index contributed by atoms with van der Waals surface area (Å²) in [5.74, 6) is 0. The first-order valence-electron chi connectivity index (χ1n) is 4.55. The third-order valence-electron chi connectivity index (χ3n) is 2.02. The summed E-state index contributed by atoms with van der Waals surface area (Å²) < 4.78 is 5.05. The van der Waals surface area contributed by atoms with E-state index in [2.05, 4.69) is 48.5 Å². The van der Waals surface area contributed by atoms with Crippen molar-refractivity contribution in [2.24, 2.45) is 0 Å². The zero-order valence-electron chi connectivity index (χ0n) is 8.11. The van der Waals surface area contributed by atoms with Crippen LogP contribution in [0.3, 0.4) is 0 Å². The van der Waals surface area contributed by atoms with Crippen LogP contribution in [-0.4, -0.2) is 16.1 Å². The van der Waals surface area contributed by atoms with Gasteiger partial charge >= 0.3 is 0 Å². The topological polar surface area (TPSA) is 37.8 Å². The molecule has 0 saturated heterocycles. The van der Waals surface area contributed by atoms with Crippen LogP contribution >= 0.6 is 38.8 Å². The second-order valence-corrected chi connectivity index (χ2v) is 5.40. The second-order valence-electron chi connectivity index (χ2n) is 2.99. The predicted molar refractivity (Wildman–Crippen MR) is 67.4 cm³/mol. The Morgan fingerprint density at radius 1 is 1.53 bits per heavy atom. The summed E-state index contributed by atoms with van der Waals surface area (Å²) in [7, 11) is 0. The normalized spacial score (nSPS) is 12.9. The van der Waals surface area contributed by atoms with E-state index in [1.165, 1.54) is 17.1 Å². The third-order valence-corrected chi connectivity index (χ3v) is 4.50. The van der Waals surface area contributed by atoms with E-state index in [0.29, 0.717) is 0 Å². The van der Waals surface area contributed by atoms with E-state index < -0.39 is 0 Å². The minimum absolute atomic E-state index is 0.204. The molecule has 0 aromatic carbocycles. The van der Waals surface area contributed by atoms with Crippen LogP contribution in [0.15, 0.2) is 21.4 Å². The van der Waals surface area contributed by atoms with E-state index in [4.69, 9.17) is 0 Å². The summed E-state index contributed by atoms with van der Waals surface area (Å²) in [4.78, 5) is 1.15. The van der Waals surface area contributed by atoms with Crippen molar-refractivity contribution in [3.63, 3.8) is 0 Å². The molecule has 0 fully saturated rings. The van der Waals surface area contributed by atoms with Gasteiger partial charge in [0, 0.05) is 9.85 Å². The van der Waals surface area contributed by atoms with Crippen LogP contribution < -0.4 is 5.32 Å². The van der Waals surface area contributed by atoms with Crippen molar-refractivity contribution in [3.8, 4) is 0 Å². The maximum atomic E-state index is 3.90. The van der Waals surface area contributed by atoms with Gasteiger partial charge in [-0.05, 0) is 45.0 Å². The number of aromatic nitrogens is 2. The highest BCUT2D eigenvalue weighted by Crippen LogP contribution is 2.32.